The third-order valence-corrected chi connectivity index (χ3v) is 3.31. The summed E-state index contributed by atoms with van der Waals surface area (Å²) in [6, 6.07) is 10.5. The quantitative estimate of drug-likeness (QED) is 0.833. The highest BCUT2D eigenvalue weighted by Gasteiger charge is 2.09. The fraction of sp³-hybridized carbons (Fsp3) is 0.429. The van der Waals surface area contributed by atoms with Crippen LogP contribution in [-0.4, -0.2) is 14.8 Å². The molecular formula is C14H19N3S. The number of nitrogens with zero attached hydrogens (tertiary/aromatic N) is 2. The molecule has 0 atom stereocenters. The summed E-state index contributed by atoms with van der Waals surface area (Å²) < 4.78 is 2.84. The largest absolute Gasteiger partial charge is 0.304 e. The molecule has 0 fully saturated rings. The topological polar surface area (TPSA) is 33.6 Å². The fourth-order valence-corrected chi connectivity index (χ4v) is 2.30. The van der Waals surface area contributed by atoms with Crippen molar-refractivity contribution in [2.24, 2.45) is 0 Å². The molecule has 0 aliphatic rings. The molecule has 3 nitrogen and oxygen atoms in total. The molecule has 0 amide bonds. The minimum Gasteiger partial charge on any atom is -0.304 e. The fourth-order valence-electron chi connectivity index (χ4n) is 2.07. The van der Waals surface area contributed by atoms with Crippen LogP contribution in [0.5, 0.6) is 0 Å². The van der Waals surface area contributed by atoms with E-state index in [0.717, 1.165) is 30.0 Å². The minimum atomic E-state index is 0.398. The van der Waals surface area contributed by atoms with Crippen LogP contribution in [0.25, 0.3) is 0 Å². The second-order valence-electron chi connectivity index (χ2n) is 4.78. The van der Waals surface area contributed by atoms with Gasteiger partial charge in [0.05, 0.1) is 0 Å². The van der Waals surface area contributed by atoms with Crippen LogP contribution in [0, 0.1) is 4.77 Å². The molecule has 0 aliphatic heterocycles. The minimum absolute atomic E-state index is 0.398. The standard InChI is InChI=1S/C14H19N3S/c1-11(2)13-15-16-14(18)17(13)10-6-9-12-7-4-3-5-8-12/h3-5,7-8,11H,6,9-10H2,1-2H3,(H,16,18). The first-order valence-corrected chi connectivity index (χ1v) is 6.78. The molecule has 1 aromatic carbocycles. The van der Waals surface area contributed by atoms with Crippen molar-refractivity contribution in [2.75, 3.05) is 0 Å². The Morgan fingerprint density at radius 3 is 2.67 bits per heavy atom. The Balaban J connectivity index is 1.98. The average Bonchev–Trinajstić information content (AvgIpc) is 2.73. The molecule has 0 spiro atoms. The van der Waals surface area contributed by atoms with Crippen molar-refractivity contribution in [2.45, 2.75) is 39.2 Å². The van der Waals surface area contributed by atoms with Crippen LogP contribution in [0.1, 0.15) is 37.6 Å². The molecule has 0 radical (unpaired) electrons. The average molecular weight is 261 g/mol. The van der Waals surface area contributed by atoms with E-state index in [-0.39, 0.29) is 0 Å². The second-order valence-corrected chi connectivity index (χ2v) is 5.17. The van der Waals surface area contributed by atoms with E-state index in [0.29, 0.717) is 5.92 Å². The zero-order valence-corrected chi connectivity index (χ0v) is 11.7. The molecule has 18 heavy (non-hydrogen) atoms. The zero-order chi connectivity index (χ0) is 13.0. The van der Waals surface area contributed by atoms with Gasteiger partial charge in [0.1, 0.15) is 5.82 Å². The van der Waals surface area contributed by atoms with Gasteiger partial charge in [-0.1, -0.05) is 44.2 Å². The summed E-state index contributed by atoms with van der Waals surface area (Å²) in [5.74, 6) is 1.45. The van der Waals surface area contributed by atoms with E-state index in [1.807, 2.05) is 6.07 Å². The lowest BCUT2D eigenvalue weighted by molar-refractivity contribution is 0.584. The van der Waals surface area contributed by atoms with Gasteiger partial charge in [0.15, 0.2) is 4.77 Å². The maximum absolute atomic E-state index is 5.27. The first-order valence-electron chi connectivity index (χ1n) is 6.37. The van der Waals surface area contributed by atoms with E-state index in [1.54, 1.807) is 0 Å². The summed E-state index contributed by atoms with van der Waals surface area (Å²) in [4.78, 5) is 0. The summed E-state index contributed by atoms with van der Waals surface area (Å²) in [7, 11) is 0. The number of aryl methyl sites for hydroxylation is 1. The van der Waals surface area contributed by atoms with Gasteiger partial charge in [-0.25, -0.2) is 0 Å². The number of rotatable bonds is 5. The summed E-state index contributed by atoms with van der Waals surface area (Å²) in [6.07, 6.45) is 2.16. The number of benzene rings is 1. The number of aromatic nitrogens is 3. The number of hydrogen-bond acceptors (Lipinski definition) is 2. The van der Waals surface area contributed by atoms with E-state index >= 15 is 0 Å². The van der Waals surface area contributed by atoms with Crippen molar-refractivity contribution in [1.29, 1.82) is 0 Å². The Morgan fingerprint density at radius 2 is 2.00 bits per heavy atom. The van der Waals surface area contributed by atoms with E-state index in [2.05, 4.69) is 52.9 Å². The van der Waals surface area contributed by atoms with E-state index in [1.165, 1.54) is 5.56 Å². The lowest BCUT2D eigenvalue weighted by Gasteiger charge is -2.08. The van der Waals surface area contributed by atoms with Crippen molar-refractivity contribution in [3.63, 3.8) is 0 Å². The van der Waals surface area contributed by atoms with Crippen LogP contribution in [0.4, 0.5) is 0 Å². The van der Waals surface area contributed by atoms with Gasteiger partial charge >= 0.3 is 0 Å². The smallest absolute Gasteiger partial charge is 0.195 e. The van der Waals surface area contributed by atoms with Crippen LogP contribution < -0.4 is 0 Å². The van der Waals surface area contributed by atoms with E-state index in [4.69, 9.17) is 12.2 Å². The van der Waals surface area contributed by atoms with Crippen LogP contribution in [0.3, 0.4) is 0 Å². The highest BCUT2D eigenvalue weighted by atomic mass is 32.1. The summed E-state index contributed by atoms with van der Waals surface area (Å²) in [5.41, 5.74) is 1.37. The first kappa shape index (κ1) is 13.0. The zero-order valence-electron chi connectivity index (χ0n) is 10.9. The van der Waals surface area contributed by atoms with E-state index < -0.39 is 0 Å². The summed E-state index contributed by atoms with van der Waals surface area (Å²) in [5, 5.41) is 7.17. The van der Waals surface area contributed by atoms with Crippen LogP contribution in [0.15, 0.2) is 30.3 Å². The monoisotopic (exact) mass is 261 g/mol. The highest BCUT2D eigenvalue weighted by molar-refractivity contribution is 7.71. The Hall–Kier alpha value is -1.42. The maximum Gasteiger partial charge on any atom is 0.195 e. The van der Waals surface area contributed by atoms with Crippen molar-refractivity contribution in [3.8, 4) is 0 Å². The Kier molecular flexibility index (Phi) is 4.31. The molecule has 4 heteroatoms. The molecule has 0 bridgehead atoms. The summed E-state index contributed by atoms with van der Waals surface area (Å²) in [6.45, 7) is 5.20. The first-order chi connectivity index (χ1) is 8.68. The Bertz CT molecular complexity index is 540. The van der Waals surface area contributed by atoms with Gasteiger partial charge in [-0.05, 0) is 30.6 Å². The predicted molar refractivity (Wildman–Crippen MR) is 76.3 cm³/mol. The number of nitrogens with one attached hydrogen (secondary N) is 1. The van der Waals surface area contributed by atoms with Crippen molar-refractivity contribution < 1.29 is 0 Å². The van der Waals surface area contributed by atoms with E-state index in [9.17, 15) is 0 Å². The van der Waals surface area contributed by atoms with Crippen LogP contribution in [-0.2, 0) is 13.0 Å². The Labute approximate surface area is 113 Å². The van der Waals surface area contributed by atoms with Gasteiger partial charge in [0, 0.05) is 12.5 Å². The lowest BCUT2D eigenvalue weighted by Crippen LogP contribution is -2.06. The molecule has 0 saturated carbocycles. The van der Waals surface area contributed by atoms with Gasteiger partial charge in [0.2, 0.25) is 0 Å². The maximum atomic E-state index is 5.27. The molecule has 1 heterocycles. The molecule has 1 N–H and O–H groups in total. The third-order valence-electron chi connectivity index (χ3n) is 2.99. The lowest BCUT2D eigenvalue weighted by atomic mass is 10.1. The van der Waals surface area contributed by atoms with Gasteiger partial charge < -0.3 is 4.57 Å². The van der Waals surface area contributed by atoms with Crippen LogP contribution >= 0.6 is 12.2 Å². The summed E-state index contributed by atoms with van der Waals surface area (Å²) >= 11 is 5.27. The SMILES string of the molecule is CC(C)c1n[nH]c(=S)n1CCCc1ccccc1. The molecule has 1 aromatic heterocycles. The molecule has 2 aromatic rings. The van der Waals surface area contributed by atoms with Gasteiger partial charge in [-0.2, -0.15) is 5.10 Å². The molecule has 96 valence electrons. The van der Waals surface area contributed by atoms with Crippen molar-refractivity contribution >= 4 is 12.2 Å². The Morgan fingerprint density at radius 1 is 1.28 bits per heavy atom. The molecular weight excluding hydrogens is 242 g/mol. The molecule has 0 saturated heterocycles. The van der Waals surface area contributed by atoms with Crippen molar-refractivity contribution in [3.05, 3.63) is 46.5 Å². The second kappa shape index (κ2) is 5.96. The van der Waals surface area contributed by atoms with Crippen molar-refractivity contribution in [1.82, 2.24) is 14.8 Å². The third kappa shape index (κ3) is 3.07. The number of H-pyrrole nitrogens is 1. The molecule has 0 unspecified atom stereocenters. The number of hydrogen-bond donors (Lipinski definition) is 1. The predicted octanol–water partition coefficient (Wildman–Crippen LogP) is 3.70. The van der Waals surface area contributed by atoms with Gasteiger partial charge in [-0.15, -0.1) is 0 Å². The van der Waals surface area contributed by atoms with Crippen LogP contribution in [0.2, 0.25) is 0 Å². The number of aromatic amines is 1. The van der Waals surface area contributed by atoms with Gasteiger partial charge in [0.25, 0.3) is 0 Å². The highest BCUT2D eigenvalue weighted by Crippen LogP contribution is 2.13. The molecule has 0 aliphatic carbocycles. The normalized spacial score (nSPS) is 11.1. The van der Waals surface area contributed by atoms with Gasteiger partial charge in [-0.3, -0.25) is 5.10 Å². The molecule has 2 rings (SSSR count).